The Kier molecular flexibility index (Phi) is 2.83. The number of hydrogen-bond donors (Lipinski definition) is 0. The second-order valence-electron chi connectivity index (χ2n) is 5.75. The number of nitrogens with zero attached hydrogens (tertiary/aromatic N) is 2. The quantitative estimate of drug-likeness (QED) is 0.395. The lowest BCUT2D eigenvalue weighted by atomic mass is 10.1. The van der Waals surface area contributed by atoms with Crippen LogP contribution < -0.4 is 14.7 Å². The van der Waals surface area contributed by atoms with Crippen LogP contribution in [0.3, 0.4) is 0 Å². The summed E-state index contributed by atoms with van der Waals surface area (Å²) in [5, 5.41) is 10.8. The lowest BCUT2D eigenvalue weighted by molar-refractivity contribution is -0.792. The van der Waals surface area contributed by atoms with Crippen LogP contribution in [0.2, 0.25) is 0 Å². The summed E-state index contributed by atoms with van der Waals surface area (Å²) in [6, 6.07) is 0.343. The maximum absolute atomic E-state index is 10.8. The van der Waals surface area contributed by atoms with E-state index in [1.165, 1.54) is 0 Å². The van der Waals surface area contributed by atoms with Gasteiger partial charge in [-0.3, -0.25) is 0 Å². The molecule has 0 unspecified atom stereocenters. The molecule has 0 aliphatic rings. The monoisotopic (exact) mass is 212 g/mol. The smallest absolute Gasteiger partial charge is 0.451 e. The van der Waals surface area contributed by atoms with Crippen LogP contribution >= 0.6 is 0 Å². The minimum atomic E-state index is -0.157. The predicted octanol–water partition coefficient (Wildman–Crippen LogP) is 0.940. The fourth-order valence-corrected chi connectivity index (χ4v) is 1.48. The minimum Gasteiger partial charge on any atom is -0.658 e. The van der Waals surface area contributed by atoms with Crippen LogP contribution in [0, 0.1) is 0 Å². The van der Waals surface area contributed by atoms with E-state index in [0.717, 1.165) is 0 Å². The van der Waals surface area contributed by atoms with Crippen molar-refractivity contribution in [2.45, 2.75) is 52.6 Å². The second kappa shape index (κ2) is 3.52. The van der Waals surface area contributed by atoms with Crippen molar-refractivity contribution in [3.63, 3.8) is 0 Å². The summed E-state index contributed by atoms with van der Waals surface area (Å²) < 4.78 is 3.68. The Morgan fingerprint density at radius 1 is 1.20 bits per heavy atom. The Bertz CT molecular complexity index is 311. The van der Waals surface area contributed by atoms with Gasteiger partial charge in [-0.05, 0) is 41.5 Å². The molecule has 15 heavy (non-hydrogen) atoms. The van der Waals surface area contributed by atoms with Crippen molar-refractivity contribution in [1.82, 2.24) is 4.57 Å². The first-order valence-corrected chi connectivity index (χ1v) is 5.11. The van der Waals surface area contributed by atoms with Crippen LogP contribution in [0.15, 0.2) is 12.4 Å². The van der Waals surface area contributed by atoms with Gasteiger partial charge in [0.1, 0.15) is 23.5 Å². The molecule has 1 aromatic heterocycles. The van der Waals surface area contributed by atoms with E-state index in [2.05, 4.69) is 4.89 Å². The van der Waals surface area contributed by atoms with Gasteiger partial charge in [-0.1, -0.05) is 0 Å². The molecule has 0 N–H and O–H groups in total. The molecule has 0 radical (unpaired) electrons. The predicted molar refractivity (Wildman–Crippen MR) is 55.2 cm³/mol. The van der Waals surface area contributed by atoms with Gasteiger partial charge in [0, 0.05) is 0 Å². The lowest BCUT2D eigenvalue weighted by Crippen LogP contribution is -2.51. The lowest BCUT2D eigenvalue weighted by Gasteiger charge is -2.21. The molecule has 0 saturated carbocycles. The highest BCUT2D eigenvalue weighted by molar-refractivity contribution is 4.95. The number of rotatable bonds is 1. The number of hydrogen-bond acceptors (Lipinski definition) is 2. The zero-order valence-electron chi connectivity index (χ0n) is 10.4. The van der Waals surface area contributed by atoms with Crippen LogP contribution in [0.25, 0.3) is 0 Å². The standard InChI is InChI=1S/C11H20N2O2/c1-10(2,3)12-7-8-13(9(12)15-14)11(4,5)6/h7-8H,1-6H3. The van der Waals surface area contributed by atoms with Crippen molar-refractivity contribution in [3.8, 4) is 6.01 Å². The van der Waals surface area contributed by atoms with E-state index in [4.69, 9.17) is 0 Å². The Morgan fingerprint density at radius 3 is 2.07 bits per heavy atom. The zero-order valence-corrected chi connectivity index (χ0v) is 10.4. The summed E-state index contributed by atoms with van der Waals surface area (Å²) in [4.78, 5) is 4.25. The van der Waals surface area contributed by atoms with Gasteiger partial charge in [-0.25, -0.2) is 0 Å². The van der Waals surface area contributed by atoms with Gasteiger partial charge in [0.25, 0.3) is 0 Å². The van der Waals surface area contributed by atoms with Gasteiger partial charge in [0.2, 0.25) is 0 Å². The largest absolute Gasteiger partial charge is 0.658 e. The van der Waals surface area contributed by atoms with Crippen LogP contribution in [0.5, 0.6) is 6.01 Å². The average molecular weight is 212 g/mol. The maximum Gasteiger partial charge on any atom is 0.451 e. The van der Waals surface area contributed by atoms with Crippen LogP contribution in [-0.4, -0.2) is 4.57 Å². The highest BCUT2D eigenvalue weighted by Crippen LogP contribution is 2.21. The van der Waals surface area contributed by atoms with E-state index >= 15 is 0 Å². The van der Waals surface area contributed by atoms with Gasteiger partial charge < -0.3 is 10.1 Å². The van der Waals surface area contributed by atoms with E-state index in [9.17, 15) is 5.26 Å². The Labute approximate surface area is 91.0 Å². The first kappa shape index (κ1) is 12.0. The van der Waals surface area contributed by atoms with Gasteiger partial charge in [0.15, 0.2) is 0 Å². The first-order chi connectivity index (χ1) is 6.68. The molecule has 0 atom stereocenters. The maximum atomic E-state index is 10.8. The van der Waals surface area contributed by atoms with Gasteiger partial charge in [-0.2, -0.15) is 9.13 Å². The summed E-state index contributed by atoms with van der Waals surface area (Å²) in [7, 11) is 0. The van der Waals surface area contributed by atoms with Gasteiger partial charge >= 0.3 is 6.01 Å². The van der Waals surface area contributed by atoms with Crippen LogP contribution in [0.4, 0.5) is 0 Å². The molecule has 86 valence electrons. The summed E-state index contributed by atoms with van der Waals surface area (Å²) >= 11 is 0. The third-order valence-electron chi connectivity index (χ3n) is 2.30. The molecular weight excluding hydrogens is 192 g/mol. The van der Waals surface area contributed by atoms with Crippen molar-refractivity contribution < 1.29 is 14.7 Å². The first-order valence-electron chi connectivity index (χ1n) is 5.11. The third-order valence-corrected chi connectivity index (χ3v) is 2.30. The van der Waals surface area contributed by atoms with E-state index in [1.807, 2.05) is 63.1 Å². The number of imidazole rings is 1. The molecule has 0 fully saturated rings. The molecule has 0 aromatic carbocycles. The molecule has 1 heterocycles. The topological polar surface area (TPSA) is 41.1 Å². The fraction of sp³-hybridized carbons (Fsp3) is 0.727. The minimum absolute atomic E-state index is 0.157. The molecule has 1 rings (SSSR count). The number of aromatic nitrogens is 2. The normalized spacial score (nSPS) is 13.0. The fourth-order valence-electron chi connectivity index (χ4n) is 1.48. The average Bonchev–Trinajstić information content (AvgIpc) is 2.43. The molecule has 0 aliphatic carbocycles. The Hall–Kier alpha value is -1.03. The second-order valence-corrected chi connectivity index (χ2v) is 5.75. The molecule has 4 heteroatoms. The van der Waals surface area contributed by atoms with E-state index in [1.54, 1.807) is 0 Å². The summed E-state index contributed by atoms with van der Waals surface area (Å²) in [5.41, 5.74) is -0.313. The van der Waals surface area contributed by atoms with Crippen LogP contribution in [0.1, 0.15) is 41.5 Å². The molecule has 0 bridgehead atoms. The van der Waals surface area contributed by atoms with Crippen molar-refractivity contribution in [1.29, 1.82) is 0 Å². The van der Waals surface area contributed by atoms with Crippen molar-refractivity contribution >= 4 is 0 Å². The summed E-state index contributed by atoms with van der Waals surface area (Å²) in [6.07, 6.45) is 3.75. The molecule has 0 amide bonds. The molecule has 1 aromatic rings. The highest BCUT2D eigenvalue weighted by atomic mass is 17.1. The van der Waals surface area contributed by atoms with Crippen molar-refractivity contribution in [3.05, 3.63) is 12.4 Å². The van der Waals surface area contributed by atoms with Gasteiger partial charge in [-0.15, -0.1) is 0 Å². The molecule has 0 saturated heterocycles. The summed E-state index contributed by atoms with van der Waals surface area (Å²) in [6.45, 7) is 12.2. The highest BCUT2D eigenvalue weighted by Gasteiger charge is 2.32. The third kappa shape index (κ3) is 2.31. The van der Waals surface area contributed by atoms with E-state index < -0.39 is 0 Å². The summed E-state index contributed by atoms with van der Waals surface area (Å²) in [5.74, 6) is 0. The van der Waals surface area contributed by atoms with Gasteiger partial charge in [0.05, 0.1) is 0 Å². The van der Waals surface area contributed by atoms with Crippen molar-refractivity contribution in [2.75, 3.05) is 0 Å². The molecule has 0 aliphatic heterocycles. The Balaban J connectivity index is 3.30. The Morgan fingerprint density at radius 2 is 1.73 bits per heavy atom. The zero-order chi connectivity index (χ0) is 11.9. The molecule has 4 nitrogen and oxygen atoms in total. The SMILES string of the molecule is CC(C)(C)n1cc[n+](C(C)(C)C)c1O[O-]. The molecule has 0 spiro atoms. The van der Waals surface area contributed by atoms with Crippen molar-refractivity contribution in [2.24, 2.45) is 0 Å². The van der Waals surface area contributed by atoms with Crippen LogP contribution in [-0.2, 0) is 11.1 Å². The molecular formula is C11H20N2O2. The van der Waals surface area contributed by atoms with E-state index in [-0.39, 0.29) is 11.1 Å². The van der Waals surface area contributed by atoms with E-state index in [0.29, 0.717) is 6.01 Å².